The van der Waals surface area contributed by atoms with Gasteiger partial charge in [-0.2, -0.15) is 0 Å². The number of ether oxygens (including phenoxy) is 2. The maximum atomic E-state index is 12.9. The number of piperidine rings is 1. The zero-order valence-corrected chi connectivity index (χ0v) is 19.2. The van der Waals surface area contributed by atoms with Gasteiger partial charge >= 0.3 is 6.09 Å². The van der Waals surface area contributed by atoms with Crippen molar-refractivity contribution in [1.29, 1.82) is 0 Å². The van der Waals surface area contributed by atoms with E-state index >= 15 is 0 Å². The van der Waals surface area contributed by atoms with Gasteiger partial charge in [0.2, 0.25) is 0 Å². The number of para-hydroxylation sites is 1. The fourth-order valence-electron chi connectivity index (χ4n) is 4.65. The minimum absolute atomic E-state index is 0.0695. The summed E-state index contributed by atoms with van der Waals surface area (Å²) >= 11 is -1.15. The summed E-state index contributed by atoms with van der Waals surface area (Å²) in [6.45, 7) is 5.65. The lowest BCUT2D eigenvalue weighted by molar-refractivity contribution is -0.0278. The molecule has 1 aliphatic carbocycles. The van der Waals surface area contributed by atoms with Crippen LogP contribution in [-0.4, -0.2) is 53.1 Å². The Hall–Kier alpha value is -1.28. The Labute approximate surface area is 184 Å². The number of carbonyl (C=O) groups is 1. The van der Waals surface area contributed by atoms with E-state index in [0.29, 0.717) is 18.9 Å². The second-order valence-electron chi connectivity index (χ2n) is 8.88. The number of amides is 1. The minimum atomic E-state index is -1.15. The molecule has 1 aromatic carbocycles. The predicted molar refractivity (Wildman–Crippen MR) is 120 cm³/mol. The third-order valence-corrected chi connectivity index (χ3v) is 7.08. The van der Waals surface area contributed by atoms with E-state index in [1.807, 2.05) is 18.2 Å². The fourth-order valence-corrected chi connectivity index (χ4v) is 5.35. The van der Waals surface area contributed by atoms with Gasteiger partial charge in [0.05, 0.1) is 24.8 Å². The molecule has 2 aliphatic rings. The lowest BCUT2D eigenvalue weighted by Gasteiger charge is -2.41. The van der Waals surface area contributed by atoms with Gasteiger partial charge < -0.3 is 18.9 Å². The fraction of sp³-hybridized carbons (Fsp3) is 0.696. The van der Waals surface area contributed by atoms with E-state index in [2.05, 4.69) is 18.6 Å². The minimum Gasteiger partial charge on any atom is -0.598 e. The summed E-state index contributed by atoms with van der Waals surface area (Å²) in [5, 5.41) is 0. The van der Waals surface area contributed by atoms with Crippen LogP contribution in [-0.2, 0) is 16.1 Å². The average molecular weight is 437 g/mol. The quantitative estimate of drug-likeness (QED) is 0.651. The molecule has 1 N–H and O–H groups in total. The van der Waals surface area contributed by atoms with Crippen molar-refractivity contribution in [2.24, 2.45) is 11.8 Å². The molecule has 1 aliphatic heterocycles. The van der Waals surface area contributed by atoms with Crippen molar-refractivity contribution in [3.05, 3.63) is 30.3 Å². The highest BCUT2D eigenvalue weighted by atomic mass is 32.2. The Morgan fingerprint density at radius 3 is 2.53 bits per heavy atom. The second-order valence-corrected chi connectivity index (χ2v) is 10.0. The van der Waals surface area contributed by atoms with Gasteiger partial charge in [0.25, 0.3) is 0 Å². The van der Waals surface area contributed by atoms with Crippen LogP contribution in [0, 0.1) is 11.8 Å². The highest BCUT2D eigenvalue weighted by molar-refractivity contribution is 7.88. The normalized spacial score (nSPS) is 28.4. The first kappa shape index (κ1) is 23.4. The average Bonchev–Trinajstić information content (AvgIpc) is 2.73. The molecule has 2 unspecified atom stereocenters. The van der Waals surface area contributed by atoms with Crippen LogP contribution >= 0.6 is 0 Å². The summed E-state index contributed by atoms with van der Waals surface area (Å²) in [7, 11) is 0. The van der Waals surface area contributed by atoms with Gasteiger partial charge in [-0.1, -0.05) is 32.0 Å². The zero-order chi connectivity index (χ0) is 21.5. The molecule has 30 heavy (non-hydrogen) atoms. The van der Waals surface area contributed by atoms with Crippen molar-refractivity contribution in [2.75, 3.05) is 19.4 Å². The van der Waals surface area contributed by atoms with Gasteiger partial charge in [-0.05, 0) is 62.5 Å². The molecule has 1 heterocycles. The maximum Gasteiger partial charge on any atom is 0.415 e. The van der Waals surface area contributed by atoms with Crippen molar-refractivity contribution in [2.45, 2.75) is 70.6 Å². The molecule has 0 aromatic heterocycles. The van der Waals surface area contributed by atoms with Crippen LogP contribution in [0.5, 0.6) is 5.75 Å². The molecule has 1 saturated carbocycles. The smallest absolute Gasteiger partial charge is 0.415 e. The van der Waals surface area contributed by atoms with Gasteiger partial charge in [0, 0.05) is 17.9 Å². The number of rotatable bonds is 7. The Balaban J connectivity index is 1.62. The van der Waals surface area contributed by atoms with E-state index in [1.54, 1.807) is 23.3 Å². The van der Waals surface area contributed by atoms with Crippen LogP contribution < -0.4 is 9.46 Å². The first-order valence-electron chi connectivity index (χ1n) is 11.2. The molecule has 1 aromatic rings. The van der Waals surface area contributed by atoms with Gasteiger partial charge in [0.1, 0.15) is 12.0 Å². The van der Waals surface area contributed by atoms with Crippen LogP contribution in [0.1, 0.15) is 52.4 Å². The first-order valence-corrected chi connectivity index (χ1v) is 12.7. The van der Waals surface area contributed by atoms with E-state index < -0.39 is 11.4 Å². The molecule has 7 heteroatoms. The Morgan fingerprint density at radius 2 is 1.90 bits per heavy atom. The summed E-state index contributed by atoms with van der Waals surface area (Å²) in [4.78, 5) is 14.7. The van der Waals surface area contributed by atoms with E-state index in [4.69, 9.17) is 9.47 Å². The van der Waals surface area contributed by atoms with E-state index in [0.717, 1.165) is 37.5 Å². The Bertz CT molecular complexity index is 650. The van der Waals surface area contributed by atoms with Crippen molar-refractivity contribution >= 4 is 17.5 Å². The lowest BCUT2D eigenvalue weighted by Crippen LogP contribution is -2.59. The molecule has 6 nitrogen and oxygen atoms in total. The Kier molecular flexibility index (Phi) is 8.86. The molecular weight excluding hydrogens is 400 g/mol. The van der Waals surface area contributed by atoms with Crippen LogP contribution in [0.2, 0.25) is 0 Å². The number of nitrogens with zero attached hydrogens (tertiary/aromatic N) is 1. The van der Waals surface area contributed by atoms with Gasteiger partial charge in [-0.15, -0.1) is 4.72 Å². The number of benzene rings is 1. The van der Waals surface area contributed by atoms with Crippen LogP contribution in [0.4, 0.5) is 4.79 Å². The molecule has 1 saturated heterocycles. The van der Waals surface area contributed by atoms with Crippen LogP contribution in [0.25, 0.3) is 0 Å². The predicted octanol–water partition coefficient (Wildman–Crippen LogP) is 4.13. The van der Waals surface area contributed by atoms with Crippen molar-refractivity contribution in [3.8, 4) is 5.75 Å². The highest BCUT2D eigenvalue weighted by Gasteiger charge is 2.38. The van der Waals surface area contributed by atoms with Crippen molar-refractivity contribution < 1.29 is 18.8 Å². The zero-order valence-electron chi connectivity index (χ0n) is 18.4. The Morgan fingerprint density at radius 1 is 1.20 bits per heavy atom. The topological polar surface area (TPSA) is 73.9 Å². The second kappa shape index (κ2) is 11.4. The third-order valence-electron chi connectivity index (χ3n) is 6.44. The number of likely N-dealkylation sites (tertiary alicyclic amines) is 1. The molecule has 1 amide bonds. The van der Waals surface area contributed by atoms with Gasteiger partial charge in [-0.25, -0.2) is 4.79 Å². The SMILES string of the molecule is CC(C)C1CCC(OCC2C(N[S@@+](C)[O-])CCCN2C(=O)Oc2ccccc2)CC1. The van der Waals surface area contributed by atoms with Gasteiger partial charge in [0.15, 0.2) is 0 Å². The first-order chi connectivity index (χ1) is 14.4. The molecule has 168 valence electrons. The molecule has 2 fully saturated rings. The largest absolute Gasteiger partial charge is 0.598 e. The van der Waals surface area contributed by atoms with E-state index in [-0.39, 0.29) is 24.3 Å². The summed E-state index contributed by atoms with van der Waals surface area (Å²) in [6.07, 6.45) is 7.75. The third kappa shape index (κ3) is 6.61. The summed E-state index contributed by atoms with van der Waals surface area (Å²) in [6, 6.07) is 8.87. The summed E-state index contributed by atoms with van der Waals surface area (Å²) in [5.41, 5.74) is 0. The number of nitrogens with one attached hydrogen (secondary N) is 1. The van der Waals surface area contributed by atoms with E-state index in [1.165, 1.54) is 12.8 Å². The standard InChI is InChI=1S/C23H36N2O4S/c1-17(2)18-11-13-19(14-12-18)28-16-22-21(24-30(3)27)10-7-15-25(22)23(26)29-20-8-5-4-6-9-20/h4-6,8-9,17-19,21-22,24H,7,10-16H2,1-3H3/t18?,19?,21?,22?,30-/m1/s1. The lowest BCUT2D eigenvalue weighted by atomic mass is 9.80. The monoisotopic (exact) mass is 436 g/mol. The molecule has 0 spiro atoms. The number of hydrogen-bond acceptors (Lipinski definition) is 5. The maximum absolute atomic E-state index is 12.9. The van der Waals surface area contributed by atoms with E-state index in [9.17, 15) is 9.35 Å². The molecule has 0 radical (unpaired) electrons. The summed E-state index contributed by atoms with van der Waals surface area (Å²) in [5.74, 6) is 2.04. The molecule has 3 atom stereocenters. The van der Waals surface area contributed by atoms with Crippen molar-refractivity contribution in [3.63, 3.8) is 0 Å². The molecular formula is C23H36N2O4S. The number of hydrogen-bond donors (Lipinski definition) is 1. The molecule has 0 bridgehead atoms. The van der Waals surface area contributed by atoms with Gasteiger partial charge in [-0.3, -0.25) is 0 Å². The molecule has 3 rings (SSSR count). The summed E-state index contributed by atoms with van der Waals surface area (Å²) < 4.78 is 26.9. The van der Waals surface area contributed by atoms with Crippen molar-refractivity contribution in [1.82, 2.24) is 9.62 Å². The van der Waals surface area contributed by atoms with Crippen LogP contribution in [0.15, 0.2) is 30.3 Å². The number of carbonyl (C=O) groups excluding carboxylic acids is 1. The van der Waals surface area contributed by atoms with Crippen LogP contribution in [0.3, 0.4) is 0 Å². The highest BCUT2D eigenvalue weighted by Crippen LogP contribution is 2.32.